The van der Waals surface area contributed by atoms with Gasteiger partial charge in [0.25, 0.3) is 0 Å². The smallest absolute Gasteiger partial charge is 0.410 e. The summed E-state index contributed by atoms with van der Waals surface area (Å²) in [5.74, 6) is 0. The van der Waals surface area contributed by atoms with Crippen LogP contribution >= 0.6 is 23.1 Å². The first-order valence-corrected chi connectivity index (χ1v) is 15.2. The number of thioether (sulfide) groups is 1. The molecule has 1 atom stereocenters. The van der Waals surface area contributed by atoms with Crippen molar-refractivity contribution in [2.45, 2.75) is 63.4 Å². The molecule has 2 rings (SSSR count). The molecule has 0 fully saturated rings. The first-order valence-electron chi connectivity index (χ1n) is 9.41. The maximum absolute atomic E-state index is 12.3. The van der Waals surface area contributed by atoms with E-state index in [0.29, 0.717) is 16.8 Å². The fraction of sp³-hybridized carbons (Fsp3) is 0.579. The Morgan fingerprint density at radius 1 is 1.31 bits per heavy atom. The number of rotatable bonds is 8. The quantitative estimate of drug-likeness (QED) is 0.254. The Bertz CT molecular complexity index is 818. The van der Waals surface area contributed by atoms with Gasteiger partial charge in [-0.1, -0.05) is 31.4 Å². The molecule has 0 saturated carbocycles. The lowest BCUT2D eigenvalue weighted by atomic mass is 10.2. The van der Waals surface area contributed by atoms with Crippen LogP contribution in [0.1, 0.15) is 32.0 Å². The SMILES string of the molecule is CSc1nccc(-c2cnc(C(NC(=O)OC(C)(C)C)OCC[Si](C)(C)C)s2)n1. The van der Waals surface area contributed by atoms with Crippen molar-refractivity contribution < 1.29 is 14.3 Å². The van der Waals surface area contributed by atoms with Gasteiger partial charge in [-0.2, -0.15) is 0 Å². The number of aromatic nitrogens is 3. The third-order valence-electron chi connectivity index (χ3n) is 3.60. The van der Waals surface area contributed by atoms with Crippen molar-refractivity contribution in [1.29, 1.82) is 0 Å². The Balaban J connectivity index is 2.18. The van der Waals surface area contributed by atoms with Crippen molar-refractivity contribution in [3.63, 3.8) is 0 Å². The van der Waals surface area contributed by atoms with Gasteiger partial charge in [-0.15, -0.1) is 11.3 Å². The molecule has 1 amide bonds. The van der Waals surface area contributed by atoms with Crippen molar-refractivity contribution >= 4 is 37.3 Å². The van der Waals surface area contributed by atoms with E-state index in [1.54, 1.807) is 12.4 Å². The van der Waals surface area contributed by atoms with E-state index in [2.05, 4.69) is 39.9 Å². The molecule has 0 aliphatic carbocycles. The summed E-state index contributed by atoms with van der Waals surface area (Å²) in [6.07, 6.45) is 4.22. The summed E-state index contributed by atoms with van der Waals surface area (Å²) in [6, 6.07) is 2.83. The van der Waals surface area contributed by atoms with Gasteiger partial charge in [0.15, 0.2) is 11.4 Å². The third-order valence-corrected chi connectivity index (χ3v) is 6.93. The number of hydrogen-bond acceptors (Lipinski definition) is 8. The molecule has 0 spiro atoms. The monoisotopic (exact) mass is 454 g/mol. The lowest BCUT2D eigenvalue weighted by Crippen LogP contribution is -2.36. The van der Waals surface area contributed by atoms with Crippen molar-refractivity contribution in [3.05, 3.63) is 23.5 Å². The Morgan fingerprint density at radius 3 is 2.66 bits per heavy atom. The van der Waals surface area contributed by atoms with Crippen LogP contribution in [0.25, 0.3) is 10.6 Å². The van der Waals surface area contributed by atoms with Crippen LogP contribution in [0.4, 0.5) is 4.79 Å². The van der Waals surface area contributed by atoms with E-state index < -0.39 is 26.0 Å². The van der Waals surface area contributed by atoms with E-state index in [0.717, 1.165) is 16.6 Å². The maximum atomic E-state index is 12.3. The molecule has 2 aromatic heterocycles. The minimum Gasteiger partial charge on any atom is -0.444 e. The standard InChI is InChI=1S/C19H30N4O3S2Si/c1-19(2,3)26-18(24)23-15(25-10-11-29(5,6)7)16-21-12-14(28-16)13-8-9-20-17(22-13)27-4/h8-9,12,15H,10-11H2,1-7H3,(H,23,24). The Hall–Kier alpha value is -1.49. The molecule has 2 aromatic rings. The zero-order valence-electron chi connectivity index (χ0n) is 18.1. The molecule has 7 nitrogen and oxygen atoms in total. The predicted octanol–water partition coefficient (Wildman–Crippen LogP) is 5.20. The molecule has 29 heavy (non-hydrogen) atoms. The summed E-state index contributed by atoms with van der Waals surface area (Å²) in [6.45, 7) is 12.9. The number of alkyl carbamates (subject to hydrolysis) is 1. The van der Waals surface area contributed by atoms with Crippen LogP contribution in [0.2, 0.25) is 25.7 Å². The minimum atomic E-state index is -1.27. The zero-order chi connectivity index (χ0) is 21.7. The summed E-state index contributed by atoms with van der Waals surface area (Å²) in [7, 11) is -1.27. The normalized spacial score (nSPS) is 13.2. The van der Waals surface area contributed by atoms with Crippen molar-refractivity contribution in [1.82, 2.24) is 20.3 Å². The highest BCUT2D eigenvalue weighted by atomic mass is 32.2. The van der Waals surface area contributed by atoms with Crippen LogP contribution in [0.15, 0.2) is 23.6 Å². The number of carbonyl (C=O) groups is 1. The molecule has 0 aliphatic heterocycles. The Morgan fingerprint density at radius 2 is 2.03 bits per heavy atom. The molecule has 10 heteroatoms. The topological polar surface area (TPSA) is 86.2 Å². The molecule has 0 aliphatic rings. The highest BCUT2D eigenvalue weighted by molar-refractivity contribution is 7.98. The van der Waals surface area contributed by atoms with Gasteiger partial charge >= 0.3 is 6.09 Å². The number of nitrogens with one attached hydrogen (secondary N) is 1. The van der Waals surface area contributed by atoms with E-state index in [9.17, 15) is 4.79 Å². The number of ether oxygens (including phenoxy) is 2. The lowest BCUT2D eigenvalue weighted by Gasteiger charge is -2.24. The van der Waals surface area contributed by atoms with Crippen molar-refractivity contribution in [2.75, 3.05) is 12.9 Å². The van der Waals surface area contributed by atoms with Crippen LogP contribution in [0.3, 0.4) is 0 Å². The second kappa shape index (κ2) is 10.0. The average Bonchev–Trinajstić information content (AvgIpc) is 3.08. The molecule has 2 heterocycles. The van der Waals surface area contributed by atoms with Gasteiger partial charge in [-0.05, 0) is 39.1 Å². The summed E-state index contributed by atoms with van der Waals surface area (Å²) in [5.41, 5.74) is 0.210. The van der Waals surface area contributed by atoms with Gasteiger partial charge in [0, 0.05) is 27.1 Å². The van der Waals surface area contributed by atoms with E-state index in [4.69, 9.17) is 9.47 Å². The number of thiazole rings is 1. The first-order chi connectivity index (χ1) is 13.5. The minimum absolute atomic E-state index is 0.529. The number of amides is 1. The summed E-state index contributed by atoms with van der Waals surface area (Å²) in [5, 5.41) is 4.17. The van der Waals surface area contributed by atoms with Crippen molar-refractivity contribution in [2.24, 2.45) is 0 Å². The van der Waals surface area contributed by atoms with Gasteiger partial charge in [-0.25, -0.2) is 19.7 Å². The van der Waals surface area contributed by atoms with Crippen LogP contribution in [0.5, 0.6) is 0 Å². The second-order valence-electron chi connectivity index (χ2n) is 8.70. The fourth-order valence-corrected chi connectivity index (χ4v) is 4.15. The Labute approximate surface area is 182 Å². The highest BCUT2D eigenvalue weighted by Gasteiger charge is 2.24. The van der Waals surface area contributed by atoms with E-state index in [1.165, 1.54) is 23.1 Å². The van der Waals surface area contributed by atoms with Gasteiger partial charge in [-0.3, -0.25) is 5.32 Å². The molecule has 0 bridgehead atoms. The average molecular weight is 455 g/mol. The molecular formula is C19H30N4O3S2Si. The second-order valence-corrected chi connectivity index (χ2v) is 16.2. The summed E-state index contributed by atoms with van der Waals surface area (Å²) < 4.78 is 11.4. The fourth-order valence-electron chi connectivity index (χ4n) is 2.18. The van der Waals surface area contributed by atoms with E-state index in [1.807, 2.05) is 33.1 Å². The molecular weight excluding hydrogens is 424 g/mol. The summed E-state index contributed by atoms with van der Waals surface area (Å²) >= 11 is 2.92. The maximum Gasteiger partial charge on any atom is 0.410 e. The number of carbonyl (C=O) groups excluding carboxylic acids is 1. The van der Waals surface area contributed by atoms with Gasteiger partial charge < -0.3 is 9.47 Å². The van der Waals surface area contributed by atoms with Crippen LogP contribution in [-0.4, -0.2) is 47.6 Å². The highest BCUT2D eigenvalue weighted by Crippen LogP contribution is 2.29. The summed E-state index contributed by atoms with van der Waals surface area (Å²) in [4.78, 5) is 26.4. The molecule has 0 aromatic carbocycles. The first kappa shape index (κ1) is 23.8. The third kappa shape index (κ3) is 8.41. The van der Waals surface area contributed by atoms with Gasteiger partial charge in [0.1, 0.15) is 10.6 Å². The molecule has 0 radical (unpaired) electrons. The van der Waals surface area contributed by atoms with Gasteiger partial charge in [0.05, 0.1) is 10.6 Å². The Kier molecular flexibility index (Phi) is 8.21. The van der Waals surface area contributed by atoms with Crippen LogP contribution < -0.4 is 5.32 Å². The zero-order valence-corrected chi connectivity index (χ0v) is 20.7. The number of nitrogens with zero attached hydrogens (tertiary/aromatic N) is 3. The van der Waals surface area contributed by atoms with Gasteiger partial charge in [0.2, 0.25) is 0 Å². The number of hydrogen-bond donors (Lipinski definition) is 1. The molecule has 1 N–H and O–H groups in total. The van der Waals surface area contributed by atoms with Crippen LogP contribution in [0, 0.1) is 0 Å². The molecule has 160 valence electrons. The van der Waals surface area contributed by atoms with Crippen LogP contribution in [-0.2, 0) is 9.47 Å². The van der Waals surface area contributed by atoms with E-state index in [-0.39, 0.29) is 0 Å². The molecule has 1 unspecified atom stereocenters. The lowest BCUT2D eigenvalue weighted by molar-refractivity contribution is 0.00893. The largest absolute Gasteiger partial charge is 0.444 e. The van der Waals surface area contributed by atoms with E-state index >= 15 is 0 Å². The predicted molar refractivity (Wildman–Crippen MR) is 121 cm³/mol. The van der Waals surface area contributed by atoms with Crippen molar-refractivity contribution in [3.8, 4) is 10.6 Å². The molecule has 0 saturated heterocycles.